The zero-order chi connectivity index (χ0) is 15.8. The number of ether oxygens (including phenoxy) is 1. The van der Waals surface area contributed by atoms with Crippen LogP contribution in [0.25, 0.3) is 0 Å². The summed E-state index contributed by atoms with van der Waals surface area (Å²) in [5, 5.41) is 2.80. The molecule has 0 saturated carbocycles. The van der Waals surface area contributed by atoms with Gasteiger partial charge in [0.1, 0.15) is 18.1 Å². The molecule has 116 valence electrons. The van der Waals surface area contributed by atoms with E-state index in [1.165, 1.54) is 18.6 Å². The van der Waals surface area contributed by atoms with Gasteiger partial charge in [0.15, 0.2) is 0 Å². The van der Waals surface area contributed by atoms with Crippen LogP contribution in [0.1, 0.15) is 16.1 Å². The van der Waals surface area contributed by atoms with E-state index in [1.54, 1.807) is 0 Å². The lowest BCUT2D eigenvalue weighted by molar-refractivity contribution is 0.0945. The Morgan fingerprint density at radius 1 is 1.23 bits per heavy atom. The summed E-state index contributed by atoms with van der Waals surface area (Å²) in [6.07, 6.45) is 4.47. The standard InChI is InChI=1S/C16H20N4O2/c1-20(2)9-10-22-14-5-3-13(4-6-14)11-19-16(21)15-12-17-7-8-18-15/h3-8,12H,9-11H2,1-2H3,(H,19,21). The summed E-state index contributed by atoms with van der Waals surface area (Å²) in [6, 6.07) is 7.67. The van der Waals surface area contributed by atoms with Gasteiger partial charge in [-0.25, -0.2) is 4.98 Å². The summed E-state index contributed by atoms with van der Waals surface area (Å²) in [4.78, 5) is 21.7. The van der Waals surface area contributed by atoms with E-state index in [0.29, 0.717) is 18.8 Å². The van der Waals surface area contributed by atoms with Crippen molar-refractivity contribution in [3.63, 3.8) is 0 Å². The zero-order valence-electron chi connectivity index (χ0n) is 12.8. The van der Waals surface area contributed by atoms with Gasteiger partial charge in [0, 0.05) is 25.5 Å². The van der Waals surface area contributed by atoms with Gasteiger partial charge in [0.05, 0.1) is 6.20 Å². The molecule has 0 spiro atoms. The maximum absolute atomic E-state index is 11.8. The highest BCUT2D eigenvalue weighted by atomic mass is 16.5. The Labute approximate surface area is 130 Å². The molecule has 0 aliphatic carbocycles. The van der Waals surface area contributed by atoms with Crippen LogP contribution in [0, 0.1) is 0 Å². The molecular formula is C16H20N4O2. The first-order chi connectivity index (χ1) is 10.6. The van der Waals surface area contributed by atoms with Crippen LogP contribution in [-0.4, -0.2) is 48.0 Å². The predicted octanol–water partition coefficient (Wildman–Crippen LogP) is 1.35. The highest BCUT2D eigenvalue weighted by Gasteiger charge is 2.06. The predicted molar refractivity (Wildman–Crippen MR) is 83.7 cm³/mol. The first-order valence-electron chi connectivity index (χ1n) is 7.06. The monoisotopic (exact) mass is 300 g/mol. The molecule has 0 saturated heterocycles. The van der Waals surface area contributed by atoms with Gasteiger partial charge in [-0.3, -0.25) is 9.78 Å². The first kappa shape index (κ1) is 15.9. The van der Waals surface area contributed by atoms with Crippen LogP contribution >= 0.6 is 0 Å². The number of aromatic nitrogens is 2. The number of hydrogen-bond acceptors (Lipinski definition) is 5. The molecule has 2 aromatic rings. The average Bonchev–Trinajstić information content (AvgIpc) is 2.54. The van der Waals surface area contributed by atoms with Gasteiger partial charge in [-0.1, -0.05) is 12.1 Å². The van der Waals surface area contributed by atoms with Gasteiger partial charge in [0.2, 0.25) is 0 Å². The fourth-order valence-corrected chi connectivity index (χ4v) is 1.74. The largest absolute Gasteiger partial charge is 0.492 e. The molecular weight excluding hydrogens is 280 g/mol. The Balaban J connectivity index is 1.80. The minimum atomic E-state index is -0.237. The molecule has 1 N–H and O–H groups in total. The Morgan fingerprint density at radius 3 is 2.64 bits per heavy atom. The van der Waals surface area contributed by atoms with Gasteiger partial charge in [-0.15, -0.1) is 0 Å². The maximum atomic E-state index is 11.8. The fraction of sp³-hybridized carbons (Fsp3) is 0.312. The molecule has 6 nitrogen and oxygen atoms in total. The van der Waals surface area contributed by atoms with Gasteiger partial charge >= 0.3 is 0 Å². The van der Waals surface area contributed by atoms with Crippen LogP contribution < -0.4 is 10.1 Å². The topological polar surface area (TPSA) is 67.3 Å². The summed E-state index contributed by atoms with van der Waals surface area (Å²) in [5.74, 6) is 0.588. The van der Waals surface area contributed by atoms with E-state index in [9.17, 15) is 4.79 Å². The van der Waals surface area contributed by atoms with Crippen molar-refractivity contribution >= 4 is 5.91 Å². The second kappa shape index (κ2) is 8.09. The minimum absolute atomic E-state index is 0.237. The van der Waals surface area contributed by atoms with Crippen LogP contribution in [0.4, 0.5) is 0 Å². The third kappa shape index (κ3) is 5.14. The third-order valence-electron chi connectivity index (χ3n) is 2.98. The van der Waals surface area contributed by atoms with E-state index in [-0.39, 0.29) is 5.91 Å². The summed E-state index contributed by atoms with van der Waals surface area (Å²) in [6.45, 7) is 1.96. The molecule has 0 radical (unpaired) electrons. The van der Waals surface area contributed by atoms with E-state index in [0.717, 1.165) is 17.9 Å². The third-order valence-corrected chi connectivity index (χ3v) is 2.98. The summed E-state index contributed by atoms with van der Waals surface area (Å²) in [5.41, 5.74) is 1.31. The number of rotatable bonds is 7. The number of likely N-dealkylation sites (N-methyl/N-ethyl adjacent to an activating group) is 1. The number of nitrogens with zero attached hydrogens (tertiary/aromatic N) is 3. The second-order valence-electron chi connectivity index (χ2n) is 5.07. The number of amides is 1. The van der Waals surface area contributed by atoms with E-state index in [1.807, 2.05) is 38.4 Å². The first-order valence-corrected chi connectivity index (χ1v) is 7.06. The Morgan fingerprint density at radius 2 is 2.00 bits per heavy atom. The van der Waals surface area contributed by atoms with Crippen molar-refractivity contribution in [3.8, 4) is 5.75 Å². The molecule has 1 amide bonds. The molecule has 2 rings (SSSR count). The molecule has 0 aliphatic heterocycles. The molecule has 0 unspecified atom stereocenters. The summed E-state index contributed by atoms with van der Waals surface area (Å²) >= 11 is 0. The maximum Gasteiger partial charge on any atom is 0.271 e. The molecule has 0 fully saturated rings. The second-order valence-corrected chi connectivity index (χ2v) is 5.07. The number of benzene rings is 1. The minimum Gasteiger partial charge on any atom is -0.492 e. The molecule has 0 atom stereocenters. The molecule has 6 heteroatoms. The van der Waals surface area contributed by atoms with Gasteiger partial charge < -0.3 is 15.0 Å². The van der Waals surface area contributed by atoms with Crippen LogP contribution in [0.3, 0.4) is 0 Å². The molecule has 0 bridgehead atoms. The normalized spacial score (nSPS) is 10.5. The van der Waals surface area contributed by atoms with Crippen LogP contribution in [0.5, 0.6) is 5.75 Å². The zero-order valence-corrected chi connectivity index (χ0v) is 12.8. The molecule has 22 heavy (non-hydrogen) atoms. The highest BCUT2D eigenvalue weighted by Crippen LogP contribution is 2.12. The lowest BCUT2D eigenvalue weighted by Gasteiger charge is -2.11. The average molecular weight is 300 g/mol. The van der Waals surface area contributed by atoms with Crippen molar-refractivity contribution in [2.45, 2.75) is 6.54 Å². The van der Waals surface area contributed by atoms with Crippen LogP contribution in [-0.2, 0) is 6.54 Å². The van der Waals surface area contributed by atoms with Crippen LogP contribution in [0.2, 0.25) is 0 Å². The summed E-state index contributed by atoms with van der Waals surface area (Å²) in [7, 11) is 4.01. The summed E-state index contributed by atoms with van der Waals surface area (Å²) < 4.78 is 5.62. The van der Waals surface area contributed by atoms with E-state index in [4.69, 9.17) is 4.74 Å². The number of carbonyl (C=O) groups is 1. The lowest BCUT2D eigenvalue weighted by Crippen LogP contribution is -2.23. The molecule has 1 aromatic carbocycles. The van der Waals surface area contributed by atoms with E-state index >= 15 is 0 Å². The quantitative estimate of drug-likeness (QED) is 0.836. The van der Waals surface area contributed by atoms with E-state index < -0.39 is 0 Å². The number of nitrogens with one attached hydrogen (secondary N) is 1. The Hall–Kier alpha value is -2.47. The lowest BCUT2D eigenvalue weighted by atomic mass is 10.2. The smallest absolute Gasteiger partial charge is 0.271 e. The van der Waals surface area contributed by atoms with Crippen molar-refractivity contribution in [2.75, 3.05) is 27.2 Å². The highest BCUT2D eigenvalue weighted by molar-refractivity contribution is 5.91. The van der Waals surface area contributed by atoms with Crippen molar-refractivity contribution in [3.05, 3.63) is 54.1 Å². The Bertz CT molecular complexity index is 585. The van der Waals surface area contributed by atoms with Gasteiger partial charge in [-0.2, -0.15) is 0 Å². The van der Waals surface area contributed by atoms with Gasteiger partial charge in [-0.05, 0) is 31.8 Å². The van der Waals surface area contributed by atoms with Crippen molar-refractivity contribution in [1.29, 1.82) is 0 Å². The van der Waals surface area contributed by atoms with Gasteiger partial charge in [0.25, 0.3) is 5.91 Å². The van der Waals surface area contributed by atoms with Crippen LogP contribution in [0.15, 0.2) is 42.9 Å². The molecule has 1 heterocycles. The van der Waals surface area contributed by atoms with E-state index in [2.05, 4.69) is 20.2 Å². The fourth-order valence-electron chi connectivity index (χ4n) is 1.74. The molecule has 1 aromatic heterocycles. The van der Waals surface area contributed by atoms with Crippen molar-refractivity contribution in [1.82, 2.24) is 20.2 Å². The number of carbonyl (C=O) groups excluding carboxylic acids is 1. The van der Waals surface area contributed by atoms with Crippen molar-refractivity contribution < 1.29 is 9.53 Å². The SMILES string of the molecule is CN(C)CCOc1ccc(CNC(=O)c2cnccn2)cc1. The Kier molecular flexibility index (Phi) is 5.85. The van der Waals surface area contributed by atoms with Crippen molar-refractivity contribution in [2.24, 2.45) is 0 Å². The molecule has 0 aliphatic rings. The number of hydrogen-bond donors (Lipinski definition) is 1.